The van der Waals surface area contributed by atoms with E-state index in [1.165, 1.54) is 0 Å². The van der Waals surface area contributed by atoms with Crippen LogP contribution in [0.3, 0.4) is 0 Å². The summed E-state index contributed by atoms with van der Waals surface area (Å²) in [6.07, 6.45) is 4.04. The van der Waals surface area contributed by atoms with Gasteiger partial charge in [0.25, 0.3) is 0 Å². The fourth-order valence-corrected chi connectivity index (χ4v) is 2.48. The topological polar surface area (TPSA) is 83.5 Å². The van der Waals surface area contributed by atoms with E-state index in [1.807, 2.05) is 0 Å². The Bertz CT molecular complexity index is 596. The molecule has 0 atom stereocenters. The van der Waals surface area contributed by atoms with Gasteiger partial charge in [-0.15, -0.1) is 0 Å². The summed E-state index contributed by atoms with van der Waals surface area (Å²) in [5.74, 6) is -2.40. The fourth-order valence-electron chi connectivity index (χ4n) is 1.37. The molecular formula is C12H14FNO4S. The smallest absolute Gasteiger partial charge is 0.335 e. The Morgan fingerprint density at radius 3 is 2.68 bits per heavy atom. The minimum absolute atomic E-state index is 0.146. The molecule has 0 heterocycles. The van der Waals surface area contributed by atoms with Crippen LogP contribution in [0.4, 0.5) is 4.39 Å². The number of hydrogen-bond donors (Lipinski definition) is 2. The van der Waals surface area contributed by atoms with Crippen LogP contribution in [-0.2, 0) is 10.0 Å². The van der Waals surface area contributed by atoms with Gasteiger partial charge in [-0.3, -0.25) is 0 Å². The lowest BCUT2D eigenvalue weighted by molar-refractivity contribution is 0.0696. The Morgan fingerprint density at radius 2 is 2.16 bits per heavy atom. The van der Waals surface area contributed by atoms with Crippen molar-refractivity contribution in [2.45, 2.75) is 18.2 Å². The summed E-state index contributed by atoms with van der Waals surface area (Å²) in [5.41, 5.74) is -0.301. The lowest BCUT2D eigenvalue weighted by Crippen LogP contribution is -2.25. The first-order chi connectivity index (χ1) is 8.88. The molecule has 0 bridgehead atoms. The minimum atomic E-state index is -3.97. The van der Waals surface area contributed by atoms with Crippen LogP contribution in [0.15, 0.2) is 35.2 Å². The molecule has 1 rings (SSSR count). The van der Waals surface area contributed by atoms with Gasteiger partial charge < -0.3 is 5.11 Å². The number of nitrogens with one attached hydrogen (secondary N) is 1. The Hall–Kier alpha value is -1.73. The van der Waals surface area contributed by atoms with Gasteiger partial charge in [0, 0.05) is 6.54 Å². The third kappa shape index (κ3) is 4.15. The molecule has 5 nitrogen and oxygen atoms in total. The molecule has 104 valence electrons. The van der Waals surface area contributed by atoms with Gasteiger partial charge in [0.05, 0.1) is 5.56 Å². The van der Waals surface area contributed by atoms with Crippen LogP contribution in [0, 0.1) is 5.82 Å². The maximum atomic E-state index is 13.6. The van der Waals surface area contributed by atoms with Crippen LogP contribution < -0.4 is 4.72 Å². The Kier molecular flexibility index (Phi) is 5.20. The number of rotatable bonds is 6. The summed E-state index contributed by atoms with van der Waals surface area (Å²) in [7, 11) is -3.97. The maximum Gasteiger partial charge on any atom is 0.335 e. The lowest BCUT2D eigenvalue weighted by Gasteiger charge is -2.07. The van der Waals surface area contributed by atoms with Crippen molar-refractivity contribution in [2.75, 3.05) is 6.54 Å². The van der Waals surface area contributed by atoms with Crippen molar-refractivity contribution in [1.82, 2.24) is 4.72 Å². The molecular weight excluding hydrogens is 273 g/mol. The highest BCUT2D eigenvalue weighted by atomic mass is 32.2. The van der Waals surface area contributed by atoms with Crippen molar-refractivity contribution in [1.29, 1.82) is 0 Å². The van der Waals surface area contributed by atoms with Crippen molar-refractivity contribution < 1.29 is 22.7 Å². The number of carboxylic acid groups (broad SMARTS) is 1. The number of benzene rings is 1. The maximum absolute atomic E-state index is 13.6. The monoisotopic (exact) mass is 287 g/mol. The standard InChI is InChI=1S/C12H14FNO4S/c1-2-3-4-7-14-19(17,18)11-6-5-9(12(15)16)8-10(11)13/h2-3,5-6,8,14H,4,7H2,1H3,(H,15,16)/b3-2+. The van der Waals surface area contributed by atoms with Crippen LogP contribution in [-0.4, -0.2) is 26.0 Å². The molecule has 0 unspecified atom stereocenters. The van der Waals surface area contributed by atoms with Crippen LogP contribution >= 0.6 is 0 Å². The molecule has 0 aliphatic heterocycles. The Morgan fingerprint density at radius 1 is 1.47 bits per heavy atom. The number of halogens is 1. The number of aromatic carboxylic acids is 1. The highest BCUT2D eigenvalue weighted by Crippen LogP contribution is 2.16. The van der Waals surface area contributed by atoms with E-state index in [1.54, 1.807) is 19.1 Å². The molecule has 0 saturated heterocycles. The lowest BCUT2D eigenvalue weighted by atomic mass is 10.2. The SMILES string of the molecule is C/C=C/CCNS(=O)(=O)c1ccc(C(=O)O)cc1F. The molecule has 1 aromatic rings. The van der Waals surface area contributed by atoms with E-state index in [9.17, 15) is 17.6 Å². The van der Waals surface area contributed by atoms with Crippen molar-refractivity contribution in [3.63, 3.8) is 0 Å². The summed E-state index contributed by atoms with van der Waals surface area (Å²) < 4.78 is 39.4. The molecule has 1 aromatic carbocycles. The van der Waals surface area contributed by atoms with Crippen molar-refractivity contribution >= 4 is 16.0 Å². The minimum Gasteiger partial charge on any atom is -0.478 e. The highest BCUT2D eigenvalue weighted by Gasteiger charge is 2.19. The van der Waals surface area contributed by atoms with Crippen molar-refractivity contribution in [2.24, 2.45) is 0 Å². The summed E-state index contributed by atoms with van der Waals surface area (Å²) in [4.78, 5) is 10.1. The quantitative estimate of drug-likeness (QED) is 0.617. The second-order valence-electron chi connectivity index (χ2n) is 3.71. The van der Waals surface area contributed by atoms with E-state index < -0.39 is 26.7 Å². The average Bonchev–Trinajstić information content (AvgIpc) is 2.34. The molecule has 2 N–H and O–H groups in total. The van der Waals surface area contributed by atoms with Crippen LogP contribution in [0.1, 0.15) is 23.7 Å². The number of allylic oxidation sites excluding steroid dienone is 1. The molecule has 0 fully saturated rings. The Balaban J connectivity index is 2.92. The molecule has 0 spiro atoms. The third-order valence-corrected chi connectivity index (χ3v) is 3.80. The van der Waals surface area contributed by atoms with E-state index in [0.717, 1.165) is 12.1 Å². The largest absolute Gasteiger partial charge is 0.478 e. The van der Waals surface area contributed by atoms with Gasteiger partial charge in [0.1, 0.15) is 10.7 Å². The van der Waals surface area contributed by atoms with E-state index in [4.69, 9.17) is 5.11 Å². The molecule has 0 amide bonds. The predicted octanol–water partition coefficient (Wildman–Crippen LogP) is 1.77. The fraction of sp³-hybridized carbons (Fsp3) is 0.250. The van der Waals surface area contributed by atoms with Gasteiger partial charge in [-0.1, -0.05) is 12.2 Å². The first kappa shape index (κ1) is 15.3. The van der Waals surface area contributed by atoms with E-state index >= 15 is 0 Å². The van der Waals surface area contributed by atoms with Crippen LogP contribution in [0.25, 0.3) is 0 Å². The molecule has 0 aliphatic rings. The molecule has 0 radical (unpaired) electrons. The second kappa shape index (κ2) is 6.44. The summed E-state index contributed by atoms with van der Waals surface area (Å²) in [6, 6.07) is 2.67. The summed E-state index contributed by atoms with van der Waals surface area (Å²) in [5, 5.41) is 8.66. The number of carboxylic acids is 1. The van der Waals surface area contributed by atoms with Gasteiger partial charge in [-0.25, -0.2) is 22.3 Å². The zero-order valence-electron chi connectivity index (χ0n) is 10.3. The van der Waals surface area contributed by atoms with Gasteiger partial charge in [0.15, 0.2) is 0 Å². The second-order valence-corrected chi connectivity index (χ2v) is 5.44. The van der Waals surface area contributed by atoms with Gasteiger partial charge in [0.2, 0.25) is 10.0 Å². The first-order valence-electron chi connectivity index (χ1n) is 5.52. The van der Waals surface area contributed by atoms with Gasteiger partial charge in [-0.2, -0.15) is 0 Å². The van der Waals surface area contributed by atoms with Gasteiger partial charge in [-0.05, 0) is 31.5 Å². The summed E-state index contributed by atoms with van der Waals surface area (Å²) in [6.45, 7) is 1.95. The van der Waals surface area contributed by atoms with Gasteiger partial charge >= 0.3 is 5.97 Å². The average molecular weight is 287 g/mol. The molecule has 0 aromatic heterocycles. The number of sulfonamides is 1. The third-order valence-electron chi connectivity index (χ3n) is 2.31. The summed E-state index contributed by atoms with van der Waals surface area (Å²) >= 11 is 0. The molecule has 7 heteroatoms. The zero-order valence-corrected chi connectivity index (χ0v) is 11.1. The molecule has 0 saturated carbocycles. The number of hydrogen-bond acceptors (Lipinski definition) is 3. The first-order valence-corrected chi connectivity index (χ1v) is 7.00. The van der Waals surface area contributed by atoms with Crippen LogP contribution in [0.2, 0.25) is 0 Å². The highest BCUT2D eigenvalue weighted by molar-refractivity contribution is 7.89. The van der Waals surface area contributed by atoms with E-state index in [2.05, 4.69) is 4.72 Å². The number of carbonyl (C=O) groups is 1. The van der Waals surface area contributed by atoms with Crippen molar-refractivity contribution in [3.05, 3.63) is 41.7 Å². The zero-order chi connectivity index (χ0) is 14.5. The van der Waals surface area contributed by atoms with E-state index in [-0.39, 0.29) is 12.1 Å². The van der Waals surface area contributed by atoms with Crippen LogP contribution in [0.5, 0.6) is 0 Å². The Labute approximate surface area is 110 Å². The molecule has 0 aliphatic carbocycles. The predicted molar refractivity (Wildman–Crippen MR) is 68.0 cm³/mol. The van der Waals surface area contributed by atoms with Crippen molar-refractivity contribution in [3.8, 4) is 0 Å². The normalized spacial score (nSPS) is 11.9. The molecule has 19 heavy (non-hydrogen) atoms. The van der Waals surface area contributed by atoms with E-state index in [0.29, 0.717) is 12.5 Å².